The number of anilines is 3. The maximum absolute atomic E-state index is 12.4. The van der Waals surface area contributed by atoms with Gasteiger partial charge in [-0.2, -0.15) is 13.2 Å². The summed E-state index contributed by atoms with van der Waals surface area (Å²) >= 11 is 5.87. The molecular formula is C20H19ClF3N5O3S. The van der Waals surface area contributed by atoms with Gasteiger partial charge >= 0.3 is 6.18 Å². The van der Waals surface area contributed by atoms with E-state index in [2.05, 4.69) is 20.6 Å². The minimum absolute atomic E-state index is 0.00209. The number of hydrogen-bond donors (Lipinski definition) is 3. The molecule has 1 aromatic heterocycles. The number of benzene rings is 2. The van der Waals surface area contributed by atoms with Crippen molar-refractivity contribution in [2.24, 2.45) is 5.14 Å². The maximum Gasteiger partial charge on any atom is 0.392 e. The monoisotopic (exact) mass is 501 g/mol. The topological polar surface area (TPSA) is 119 Å². The standard InChI is InChI=1S/C20H19ClF3N5O3S/c21-14-1-3-15(4-2-14)29-19-10-18(27-12-28-19)26-11-13-9-16(33(25,30)31)5-6-17(13)32-8-7-20(22,23)24/h1-6,9-10,12H,7-8,11H2,(H2,25,30,31)(H2,26,27,28,29). The Bertz CT molecular complexity index is 1210. The Kier molecular flexibility index (Phi) is 7.61. The molecule has 13 heteroatoms. The highest BCUT2D eigenvalue weighted by molar-refractivity contribution is 7.89. The lowest BCUT2D eigenvalue weighted by molar-refractivity contribution is -0.139. The highest BCUT2D eigenvalue weighted by Crippen LogP contribution is 2.26. The summed E-state index contributed by atoms with van der Waals surface area (Å²) in [5.41, 5.74) is 1.03. The number of aromatic nitrogens is 2. The first-order valence-electron chi connectivity index (χ1n) is 9.43. The average molecular weight is 502 g/mol. The van der Waals surface area contributed by atoms with Crippen LogP contribution in [0.4, 0.5) is 30.5 Å². The van der Waals surface area contributed by atoms with E-state index in [4.69, 9.17) is 21.5 Å². The molecule has 4 N–H and O–H groups in total. The smallest absolute Gasteiger partial charge is 0.392 e. The van der Waals surface area contributed by atoms with Crippen molar-refractivity contribution in [2.75, 3.05) is 17.2 Å². The molecule has 0 atom stereocenters. The number of primary sulfonamides is 1. The summed E-state index contributed by atoms with van der Waals surface area (Å²) in [4.78, 5) is 8.01. The van der Waals surface area contributed by atoms with Gasteiger partial charge in [0.05, 0.1) is 17.9 Å². The Morgan fingerprint density at radius 2 is 1.73 bits per heavy atom. The summed E-state index contributed by atoms with van der Waals surface area (Å²) in [6, 6.07) is 12.2. The molecule has 33 heavy (non-hydrogen) atoms. The van der Waals surface area contributed by atoms with Crippen LogP contribution in [0.25, 0.3) is 0 Å². The number of halogens is 4. The van der Waals surface area contributed by atoms with Gasteiger partial charge in [-0.05, 0) is 42.5 Å². The van der Waals surface area contributed by atoms with Gasteiger partial charge in [0, 0.05) is 28.9 Å². The summed E-state index contributed by atoms with van der Waals surface area (Å²) in [5, 5.41) is 11.8. The molecule has 0 saturated carbocycles. The zero-order chi connectivity index (χ0) is 24.1. The van der Waals surface area contributed by atoms with E-state index in [9.17, 15) is 21.6 Å². The molecule has 3 aromatic rings. The lowest BCUT2D eigenvalue weighted by atomic mass is 10.2. The van der Waals surface area contributed by atoms with Crippen molar-refractivity contribution in [3.63, 3.8) is 0 Å². The Hall–Kier alpha value is -3.09. The van der Waals surface area contributed by atoms with Crippen LogP contribution in [0.5, 0.6) is 5.75 Å². The van der Waals surface area contributed by atoms with Gasteiger partial charge in [0.15, 0.2) is 0 Å². The van der Waals surface area contributed by atoms with Crippen LogP contribution >= 0.6 is 11.6 Å². The average Bonchev–Trinajstić information content (AvgIpc) is 2.73. The van der Waals surface area contributed by atoms with Crippen molar-refractivity contribution in [1.29, 1.82) is 0 Å². The van der Waals surface area contributed by atoms with Crippen LogP contribution in [0.15, 0.2) is 59.8 Å². The SMILES string of the molecule is NS(=O)(=O)c1ccc(OCCC(F)(F)F)c(CNc2cc(Nc3ccc(Cl)cc3)ncn2)c1. The molecule has 0 radical (unpaired) electrons. The number of rotatable bonds is 9. The summed E-state index contributed by atoms with van der Waals surface area (Å²) < 4.78 is 65.9. The van der Waals surface area contributed by atoms with Gasteiger partial charge in [0.1, 0.15) is 23.7 Å². The molecule has 0 aliphatic carbocycles. The zero-order valence-electron chi connectivity index (χ0n) is 16.9. The van der Waals surface area contributed by atoms with E-state index in [0.29, 0.717) is 16.7 Å². The van der Waals surface area contributed by atoms with Gasteiger partial charge in [-0.1, -0.05) is 11.6 Å². The van der Waals surface area contributed by atoms with Crippen molar-refractivity contribution < 1.29 is 26.3 Å². The molecule has 0 bridgehead atoms. The fourth-order valence-electron chi connectivity index (χ4n) is 2.68. The molecule has 0 fully saturated rings. The van der Waals surface area contributed by atoms with Gasteiger partial charge in [-0.15, -0.1) is 0 Å². The first-order valence-corrected chi connectivity index (χ1v) is 11.4. The largest absolute Gasteiger partial charge is 0.493 e. The number of nitrogens with one attached hydrogen (secondary N) is 2. The molecule has 0 aliphatic heterocycles. The molecule has 8 nitrogen and oxygen atoms in total. The van der Waals surface area contributed by atoms with Gasteiger partial charge in [0.25, 0.3) is 0 Å². The van der Waals surface area contributed by atoms with Crippen LogP contribution in [-0.4, -0.2) is 31.2 Å². The van der Waals surface area contributed by atoms with E-state index in [1.807, 2.05) is 0 Å². The normalized spacial score (nSPS) is 11.8. The van der Waals surface area contributed by atoms with Crippen molar-refractivity contribution >= 4 is 38.9 Å². The summed E-state index contributed by atoms with van der Waals surface area (Å²) in [5.74, 6) is 0.936. The van der Waals surface area contributed by atoms with E-state index >= 15 is 0 Å². The molecule has 0 amide bonds. The molecule has 176 valence electrons. The second-order valence-corrected chi connectivity index (χ2v) is 8.80. The number of hydrogen-bond acceptors (Lipinski definition) is 7. The molecular weight excluding hydrogens is 483 g/mol. The first kappa shape index (κ1) is 24.6. The highest BCUT2D eigenvalue weighted by atomic mass is 35.5. The third-order valence-corrected chi connectivity index (χ3v) is 5.41. The van der Waals surface area contributed by atoms with E-state index in [1.54, 1.807) is 30.3 Å². The lowest BCUT2D eigenvalue weighted by Gasteiger charge is -2.15. The third-order valence-electron chi connectivity index (χ3n) is 4.25. The number of sulfonamides is 1. The van der Waals surface area contributed by atoms with Gasteiger partial charge in [0.2, 0.25) is 10.0 Å². The Balaban J connectivity index is 1.75. The van der Waals surface area contributed by atoms with E-state index < -0.39 is 29.2 Å². The van der Waals surface area contributed by atoms with E-state index in [-0.39, 0.29) is 22.8 Å². The molecule has 0 saturated heterocycles. The van der Waals surface area contributed by atoms with Crippen LogP contribution < -0.4 is 20.5 Å². The fraction of sp³-hybridized carbons (Fsp3) is 0.200. The minimum Gasteiger partial charge on any atom is -0.493 e. The van der Waals surface area contributed by atoms with Crippen LogP contribution in [0.1, 0.15) is 12.0 Å². The van der Waals surface area contributed by atoms with Crippen molar-refractivity contribution in [1.82, 2.24) is 9.97 Å². The van der Waals surface area contributed by atoms with Crippen molar-refractivity contribution in [3.05, 3.63) is 65.4 Å². The fourth-order valence-corrected chi connectivity index (χ4v) is 3.37. The van der Waals surface area contributed by atoms with Crippen LogP contribution in [0.2, 0.25) is 5.02 Å². The van der Waals surface area contributed by atoms with Crippen molar-refractivity contribution in [2.45, 2.75) is 24.0 Å². The minimum atomic E-state index is -4.38. The van der Waals surface area contributed by atoms with Gasteiger partial charge in [-0.3, -0.25) is 0 Å². The van der Waals surface area contributed by atoms with Crippen LogP contribution in [0.3, 0.4) is 0 Å². The van der Waals surface area contributed by atoms with E-state index in [1.165, 1.54) is 24.5 Å². The highest BCUT2D eigenvalue weighted by Gasteiger charge is 2.27. The van der Waals surface area contributed by atoms with Crippen LogP contribution in [-0.2, 0) is 16.6 Å². The summed E-state index contributed by atoms with van der Waals surface area (Å²) in [7, 11) is -4.02. The Morgan fingerprint density at radius 3 is 2.39 bits per heavy atom. The number of alkyl halides is 3. The number of nitrogens with zero attached hydrogens (tertiary/aromatic N) is 2. The summed E-state index contributed by atoms with van der Waals surface area (Å²) in [6.45, 7) is -0.615. The zero-order valence-corrected chi connectivity index (χ0v) is 18.5. The quantitative estimate of drug-likeness (QED) is 0.396. The van der Waals surface area contributed by atoms with E-state index in [0.717, 1.165) is 5.69 Å². The third kappa shape index (κ3) is 7.77. The molecule has 3 rings (SSSR count). The Morgan fingerprint density at radius 1 is 1.03 bits per heavy atom. The van der Waals surface area contributed by atoms with Gasteiger partial charge in [-0.25, -0.2) is 23.5 Å². The molecule has 0 unspecified atom stereocenters. The van der Waals surface area contributed by atoms with Gasteiger partial charge < -0.3 is 15.4 Å². The second-order valence-electron chi connectivity index (χ2n) is 6.80. The number of ether oxygens (including phenoxy) is 1. The predicted octanol–water partition coefficient (Wildman–Crippen LogP) is 4.46. The maximum atomic E-state index is 12.4. The molecule has 0 aliphatic rings. The first-order chi connectivity index (χ1) is 15.5. The number of nitrogens with two attached hydrogens (primary N) is 1. The molecule has 0 spiro atoms. The second kappa shape index (κ2) is 10.2. The predicted molar refractivity (Wildman–Crippen MR) is 118 cm³/mol. The molecule has 1 heterocycles. The van der Waals surface area contributed by atoms with Crippen molar-refractivity contribution in [3.8, 4) is 5.75 Å². The summed E-state index contributed by atoms with van der Waals surface area (Å²) in [6.07, 6.45) is -4.22. The van der Waals surface area contributed by atoms with Crippen LogP contribution in [0, 0.1) is 0 Å². The molecule has 2 aromatic carbocycles. The lowest BCUT2D eigenvalue weighted by Crippen LogP contribution is -2.15. The Labute approximate surface area is 193 Å².